The van der Waals surface area contributed by atoms with Gasteiger partial charge in [0.2, 0.25) is 0 Å². The molecule has 0 fully saturated rings. The van der Waals surface area contributed by atoms with Crippen LogP contribution in [-0.2, 0) is 13.5 Å². The summed E-state index contributed by atoms with van der Waals surface area (Å²) >= 11 is 0. The van der Waals surface area contributed by atoms with E-state index in [-0.39, 0.29) is 5.91 Å². The predicted octanol–water partition coefficient (Wildman–Crippen LogP) is 6.13. The molecule has 4 nitrogen and oxygen atoms in total. The van der Waals surface area contributed by atoms with Gasteiger partial charge < -0.3 is 0 Å². The van der Waals surface area contributed by atoms with Crippen molar-refractivity contribution in [3.63, 3.8) is 0 Å². The Morgan fingerprint density at radius 1 is 0.871 bits per heavy atom. The first-order valence-electron chi connectivity index (χ1n) is 12.0. The van der Waals surface area contributed by atoms with Crippen LogP contribution in [0.4, 0.5) is 0 Å². The number of hydrogen-bond acceptors (Lipinski definition) is 2. The molecule has 1 aromatic carbocycles. The molecule has 0 aliphatic rings. The highest BCUT2D eigenvalue weighted by molar-refractivity contribution is 6.00. The van der Waals surface area contributed by atoms with Crippen LogP contribution in [-0.4, -0.2) is 11.6 Å². The van der Waals surface area contributed by atoms with Crippen molar-refractivity contribution in [2.24, 2.45) is 12.1 Å². The Morgan fingerprint density at radius 3 is 2.10 bits per heavy atom. The Balaban J connectivity index is 1.66. The quantitative estimate of drug-likeness (QED) is 0.169. The number of carbonyl (C=O) groups excluding carboxylic acids is 1. The maximum Gasteiger partial charge on any atom is 0.277 e. The third-order valence-corrected chi connectivity index (χ3v) is 5.72. The number of carbonyl (C=O) groups is 1. The molecule has 0 saturated carbocycles. The Morgan fingerprint density at radius 2 is 1.48 bits per heavy atom. The monoisotopic (exact) mass is 422 g/mol. The number of hydrazone groups is 1. The molecule has 4 heteroatoms. The SMILES string of the molecule is CCCCCCCCCCCCc1ccc(/C(C)=N/NC(=O)c2ccc[n+](C)c2)cc1. The van der Waals surface area contributed by atoms with E-state index in [0.717, 1.165) is 17.7 Å². The molecule has 2 rings (SSSR count). The highest BCUT2D eigenvalue weighted by atomic mass is 16.2. The molecule has 0 aliphatic carbocycles. The number of rotatable bonds is 14. The third-order valence-electron chi connectivity index (χ3n) is 5.72. The Bertz CT molecular complexity index is 811. The van der Waals surface area contributed by atoms with Gasteiger partial charge in [0, 0.05) is 6.07 Å². The molecule has 168 valence electrons. The van der Waals surface area contributed by atoms with Crippen LogP contribution in [0, 0.1) is 0 Å². The molecule has 0 radical (unpaired) electrons. The Hall–Kier alpha value is -2.49. The molecule has 0 aliphatic heterocycles. The van der Waals surface area contributed by atoms with Crippen LogP contribution in [0.3, 0.4) is 0 Å². The predicted molar refractivity (Wildman–Crippen MR) is 129 cm³/mol. The fourth-order valence-electron chi connectivity index (χ4n) is 3.72. The lowest BCUT2D eigenvalue weighted by Crippen LogP contribution is -2.30. The molecule has 31 heavy (non-hydrogen) atoms. The van der Waals surface area contributed by atoms with Crippen LogP contribution >= 0.6 is 0 Å². The van der Waals surface area contributed by atoms with Crippen molar-refractivity contribution in [3.8, 4) is 0 Å². The number of aryl methyl sites for hydroxylation is 2. The number of aromatic nitrogens is 1. The fraction of sp³-hybridized carbons (Fsp3) is 0.519. The first-order valence-corrected chi connectivity index (χ1v) is 12.0. The summed E-state index contributed by atoms with van der Waals surface area (Å²) in [5.41, 5.74) is 6.45. The number of unbranched alkanes of at least 4 members (excludes halogenated alkanes) is 9. The van der Waals surface area contributed by atoms with Crippen molar-refractivity contribution in [3.05, 3.63) is 65.5 Å². The summed E-state index contributed by atoms with van der Waals surface area (Å²) in [6.45, 7) is 4.19. The van der Waals surface area contributed by atoms with Crippen LogP contribution in [0.5, 0.6) is 0 Å². The minimum atomic E-state index is -0.201. The van der Waals surface area contributed by atoms with Gasteiger partial charge in [0.05, 0.1) is 5.71 Å². The Labute approximate surface area is 188 Å². The summed E-state index contributed by atoms with van der Waals surface area (Å²) in [5, 5.41) is 4.27. The van der Waals surface area contributed by atoms with Gasteiger partial charge in [-0.2, -0.15) is 5.10 Å². The lowest BCUT2D eigenvalue weighted by atomic mass is 10.0. The van der Waals surface area contributed by atoms with Crippen molar-refractivity contribution < 1.29 is 9.36 Å². The van der Waals surface area contributed by atoms with Gasteiger partial charge in [-0.05, 0) is 37.0 Å². The number of amides is 1. The van der Waals surface area contributed by atoms with Gasteiger partial charge in [0.1, 0.15) is 12.6 Å². The highest BCUT2D eigenvalue weighted by Crippen LogP contribution is 2.13. The van der Waals surface area contributed by atoms with E-state index >= 15 is 0 Å². The lowest BCUT2D eigenvalue weighted by Gasteiger charge is -2.06. The van der Waals surface area contributed by atoms with E-state index in [1.165, 1.54) is 69.8 Å². The van der Waals surface area contributed by atoms with E-state index in [0.29, 0.717) is 5.56 Å². The van der Waals surface area contributed by atoms with Gasteiger partial charge in [0.25, 0.3) is 5.91 Å². The topological polar surface area (TPSA) is 45.3 Å². The first-order chi connectivity index (χ1) is 15.1. The molecule has 0 bridgehead atoms. The third kappa shape index (κ3) is 9.91. The Kier molecular flexibility index (Phi) is 11.6. The van der Waals surface area contributed by atoms with Crippen LogP contribution in [0.2, 0.25) is 0 Å². The van der Waals surface area contributed by atoms with Crippen molar-refractivity contribution in [1.29, 1.82) is 0 Å². The summed E-state index contributed by atoms with van der Waals surface area (Å²) in [6, 6.07) is 12.2. The second-order valence-electron chi connectivity index (χ2n) is 8.53. The number of benzene rings is 1. The average Bonchev–Trinajstić information content (AvgIpc) is 2.79. The highest BCUT2D eigenvalue weighted by Gasteiger charge is 2.08. The zero-order valence-electron chi connectivity index (χ0n) is 19.7. The molecule has 0 atom stereocenters. The van der Waals surface area contributed by atoms with Crippen LogP contribution in [0.1, 0.15) is 99.5 Å². The van der Waals surface area contributed by atoms with E-state index in [2.05, 4.69) is 41.7 Å². The van der Waals surface area contributed by atoms with E-state index in [1.807, 2.05) is 30.8 Å². The lowest BCUT2D eigenvalue weighted by molar-refractivity contribution is -0.671. The molecule has 1 aromatic heterocycles. The average molecular weight is 423 g/mol. The number of hydrogen-bond donors (Lipinski definition) is 1. The number of pyridine rings is 1. The molecular weight excluding hydrogens is 382 g/mol. The smallest absolute Gasteiger partial charge is 0.267 e. The van der Waals surface area contributed by atoms with E-state index in [9.17, 15) is 4.79 Å². The van der Waals surface area contributed by atoms with Gasteiger partial charge in [-0.15, -0.1) is 0 Å². The normalized spacial score (nSPS) is 11.5. The van der Waals surface area contributed by atoms with Crippen molar-refractivity contribution in [1.82, 2.24) is 5.43 Å². The molecule has 0 unspecified atom stereocenters. The number of nitrogens with zero attached hydrogens (tertiary/aromatic N) is 2. The van der Waals surface area contributed by atoms with Gasteiger partial charge in [-0.3, -0.25) is 4.79 Å². The minimum Gasteiger partial charge on any atom is -0.267 e. The maximum atomic E-state index is 12.2. The van der Waals surface area contributed by atoms with E-state index in [4.69, 9.17) is 0 Å². The molecular formula is C27H40N3O+. The zero-order valence-corrected chi connectivity index (χ0v) is 19.7. The molecule has 2 aromatic rings. The van der Waals surface area contributed by atoms with Gasteiger partial charge in [-0.25, -0.2) is 9.99 Å². The summed E-state index contributed by atoms with van der Waals surface area (Å²) in [7, 11) is 1.89. The standard InChI is InChI=1S/C27H39N3O/c1-4-5-6-7-8-9-10-11-12-13-15-24-17-19-25(20-18-24)23(2)28-29-27(31)26-16-14-21-30(3)22-26/h14,16-22H,4-13,15H2,1-3H3/p+1/b28-23+. The second-order valence-corrected chi connectivity index (χ2v) is 8.53. The van der Waals surface area contributed by atoms with Crippen molar-refractivity contribution >= 4 is 11.6 Å². The van der Waals surface area contributed by atoms with Crippen molar-refractivity contribution in [2.75, 3.05) is 0 Å². The van der Waals surface area contributed by atoms with Crippen LogP contribution in [0.25, 0.3) is 0 Å². The van der Waals surface area contributed by atoms with E-state index < -0.39 is 0 Å². The van der Waals surface area contributed by atoms with Gasteiger partial charge >= 0.3 is 0 Å². The van der Waals surface area contributed by atoms with Crippen LogP contribution in [0.15, 0.2) is 53.9 Å². The summed E-state index contributed by atoms with van der Waals surface area (Å²) in [5.74, 6) is -0.201. The van der Waals surface area contributed by atoms with E-state index in [1.54, 1.807) is 12.3 Å². The minimum absolute atomic E-state index is 0.201. The largest absolute Gasteiger partial charge is 0.277 e. The summed E-state index contributed by atoms with van der Waals surface area (Å²) in [6.07, 6.45) is 18.5. The maximum absolute atomic E-state index is 12.2. The van der Waals surface area contributed by atoms with Gasteiger partial charge in [-0.1, -0.05) is 89.0 Å². The number of nitrogens with one attached hydrogen (secondary N) is 1. The molecule has 0 saturated heterocycles. The van der Waals surface area contributed by atoms with Crippen LogP contribution < -0.4 is 9.99 Å². The van der Waals surface area contributed by atoms with Gasteiger partial charge in [0.15, 0.2) is 12.4 Å². The van der Waals surface area contributed by atoms with Crippen molar-refractivity contribution in [2.45, 2.75) is 84.5 Å². The molecule has 1 N–H and O–H groups in total. The summed E-state index contributed by atoms with van der Waals surface area (Å²) in [4.78, 5) is 12.2. The molecule has 1 amide bonds. The summed E-state index contributed by atoms with van der Waals surface area (Å²) < 4.78 is 1.85. The fourth-order valence-corrected chi connectivity index (χ4v) is 3.72. The zero-order chi connectivity index (χ0) is 22.3. The molecule has 0 spiro atoms. The molecule has 1 heterocycles. The second kappa shape index (κ2) is 14.5. The first kappa shape index (κ1) is 24.8.